The van der Waals surface area contributed by atoms with Gasteiger partial charge < -0.3 is 30.2 Å². The zero-order valence-electron chi connectivity index (χ0n) is 26.6. The van der Waals surface area contributed by atoms with Crippen molar-refractivity contribution in [2.45, 2.75) is 101 Å². The molecular formula is C34H42N8O6. The number of rotatable bonds is 15. The second-order valence-electron chi connectivity index (χ2n) is 12.6. The molecule has 254 valence electrons. The van der Waals surface area contributed by atoms with E-state index >= 15 is 0 Å². The summed E-state index contributed by atoms with van der Waals surface area (Å²) in [5, 5.41) is 58.7. The molecule has 0 radical (unpaired) electrons. The van der Waals surface area contributed by atoms with Crippen LogP contribution in [-0.2, 0) is 35.8 Å². The number of benzene rings is 2. The molecule has 0 saturated carbocycles. The molecule has 2 aliphatic heterocycles. The first-order chi connectivity index (χ1) is 23.3. The highest BCUT2D eigenvalue weighted by Gasteiger charge is 2.49. The normalized spacial score (nSPS) is 24.2. The van der Waals surface area contributed by atoms with E-state index in [-0.39, 0.29) is 13.1 Å². The van der Waals surface area contributed by atoms with E-state index in [2.05, 4.69) is 20.6 Å². The summed E-state index contributed by atoms with van der Waals surface area (Å²) in [6, 6.07) is 17.3. The number of unbranched alkanes of at least 4 members (excludes halogenated alkanes) is 5. The van der Waals surface area contributed by atoms with Crippen LogP contribution in [0.1, 0.15) is 73.1 Å². The Balaban J connectivity index is 0.918. The van der Waals surface area contributed by atoms with Gasteiger partial charge in [0.15, 0.2) is 12.2 Å². The molecule has 6 atom stereocenters. The standard InChI is InChI=1S/C34H42N8O6/c43-29-27(41(33(47)31(29)45)19-23-13-7-5-8-14-23)25-21-39(37-35-25)17-11-3-1-2-4-12-18-40-22-26(36-38-40)28-30(44)32(46)34(48)42(28)20-24-15-9-6-10-16-24/h5-10,13-16,21-22,27-32,43-46H,1-4,11-12,17-20H2/t27-,28+,29+,30-,31-,32+. The smallest absolute Gasteiger partial charge is 0.255 e. The molecule has 0 bridgehead atoms. The number of aliphatic hydroxyl groups excluding tert-OH is 4. The molecule has 4 aromatic rings. The molecule has 2 amide bonds. The molecule has 2 aromatic carbocycles. The average Bonchev–Trinajstić information content (AvgIpc) is 3.85. The Labute approximate surface area is 278 Å². The van der Waals surface area contributed by atoms with Crippen molar-refractivity contribution in [3.8, 4) is 0 Å². The Hall–Kier alpha value is -4.50. The van der Waals surface area contributed by atoms with Gasteiger partial charge in [-0.25, -0.2) is 0 Å². The number of carbonyl (C=O) groups is 2. The van der Waals surface area contributed by atoms with Gasteiger partial charge in [0.25, 0.3) is 11.8 Å². The van der Waals surface area contributed by atoms with Crippen LogP contribution in [0, 0.1) is 0 Å². The third-order valence-corrected chi connectivity index (χ3v) is 9.17. The Morgan fingerprint density at radius 1 is 0.542 bits per heavy atom. The lowest BCUT2D eigenvalue weighted by atomic mass is 10.1. The molecule has 48 heavy (non-hydrogen) atoms. The van der Waals surface area contributed by atoms with E-state index in [9.17, 15) is 30.0 Å². The van der Waals surface area contributed by atoms with Crippen LogP contribution >= 0.6 is 0 Å². The fraction of sp³-hybridized carbons (Fsp3) is 0.471. The highest BCUT2D eigenvalue weighted by Crippen LogP contribution is 2.35. The summed E-state index contributed by atoms with van der Waals surface area (Å²) in [6.07, 6.45) is 3.80. The molecule has 6 rings (SSSR count). The van der Waals surface area contributed by atoms with Crippen molar-refractivity contribution in [2.24, 2.45) is 0 Å². The first kappa shape index (κ1) is 33.4. The lowest BCUT2D eigenvalue weighted by Crippen LogP contribution is -2.30. The van der Waals surface area contributed by atoms with Crippen molar-refractivity contribution < 1.29 is 30.0 Å². The maximum Gasteiger partial charge on any atom is 0.255 e. The van der Waals surface area contributed by atoms with Crippen LogP contribution in [-0.4, -0.2) is 96.4 Å². The molecule has 14 heteroatoms. The minimum Gasteiger partial charge on any atom is -0.387 e. The lowest BCUT2D eigenvalue weighted by molar-refractivity contribution is -0.137. The monoisotopic (exact) mass is 658 g/mol. The zero-order valence-corrected chi connectivity index (χ0v) is 26.6. The van der Waals surface area contributed by atoms with Gasteiger partial charge in [0, 0.05) is 26.2 Å². The van der Waals surface area contributed by atoms with Crippen molar-refractivity contribution in [3.05, 3.63) is 95.6 Å². The van der Waals surface area contributed by atoms with E-state index in [1.165, 1.54) is 9.80 Å². The molecule has 4 N–H and O–H groups in total. The van der Waals surface area contributed by atoms with Crippen molar-refractivity contribution in [2.75, 3.05) is 0 Å². The first-order valence-electron chi connectivity index (χ1n) is 16.5. The van der Waals surface area contributed by atoms with Crippen LogP contribution in [0.5, 0.6) is 0 Å². The fourth-order valence-electron chi connectivity index (χ4n) is 6.57. The molecule has 0 unspecified atom stereocenters. The SMILES string of the molecule is O=C1[C@H](O)[C@@H](O)[C@@H](c2cn(CCCCCCCCn3cc([C@H]4[C@@H](O)[C@H](O)C(=O)N4Cc4ccccc4)nn3)nn2)N1Cc1ccccc1. The van der Waals surface area contributed by atoms with Crippen molar-refractivity contribution in [1.82, 2.24) is 39.8 Å². The second-order valence-corrected chi connectivity index (χ2v) is 12.6. The number of aromatic nitrogens is 6. The van der Waals surface area contributed by atoms with E-state index in [4.69, 9.17) is 0 Å². The topological polar surface area (TPSA) is 183 Å². The Kier molecular flexibility index (Phi) is 10.5. The second kappa shape index (κ2) is 15.2. The van der Waals surface area contributed by atoms with Crippen molar-refractivity contribution >= 4 is 11.8 Å². The van der Waals surface area contributed by atoms with E-state index < -0.39 is 48.3 Å². The number of aryl methyl sites for hydroxylation is 2. The summed E-state index contributed by atoms with van der Waals surface area (Å²) in [7, 11) is 0. The average molecular weight is 659 g/mol. The predicted octanol–water partition coefficient (Wildman–Crippen LogP) is 1.52. The summed E-state index contributed by atoms with van der Waals surface area (Å²) in [4.78, 5) is 28.3. The largest absolute Gasteiger partial charge is 0.387 e. The maximum atomic E-state index is 12.7. The number of nitrogens with zero attached hydrogens (tertiary/aromatic N) is 8. The molecule has 2 fully saturated rings. The zero-order chi connectivity index (χ0) is 33.6. The minimum atomic E-state index is -1.49. The number of aliphatic hydroxyl groups is 4. The minimum absolute atomic E-state index is 0.255. The number of hydrogen-bond acceptors (Lipinski definition) is 10. The van der Waals surface area contributed by atoms with Crippen LogP contribution in [0.3, 0.4) is 0 Å². The Morgan fingerprint density at radius 2 is 0.917 bits per heavy atom. The molecule has 4 heterocycles. The molecule has 2 aliphatic rings. The number of hydrogen-bond donors (Lipinski definition) is 4. The molecule has 0 spiro atoms. The summed E-state index contributed by atoms with van der Waals surface area (Å²) in [5.74, 6) is -1.05. The van der Waals surface area contributed by atoms with Gasteiger partial charge in [0.2, 0.25) is 0 Å². The molecule has 0 aliphatic carbocycles. The summed E-state index contributed by atoms with van der Waals surface area (Å²) < 4.78 is 3.43. The van der Waals surface area contributed by atoms with Crippen LogP contribution in [0.4, 0.5) is 0 Å². The maximum absolute atomic E-state index is 12.7. The van der Waals surface area contributed by atoms with E-state index in [1.54, 1.807) is 21.8 Å². The van der Waals surface area contributed by atoms with Gasteiger partial charge in [0.05, 0.1) is 12.4 Å². The van der Waals surface area contributed by atoms with Gasteiger partial charge in [-0.1, -0.05) is 96.8 Å². The van der Waals surface area contributed by atoms with E-state index in [0.29, 0.717) is 24.5 Å². The molecule has 2 aromatic heterocycles. The highest BCUT2D eigenvalue weighted by atomic mass is 16.4. The van der Waals surface area contributed by atoms with Crippen molar-refractivity contribution in [1.29, 1.82) is 0 Å². The summed E-state index contributed by atoms with van der Waals surface area (Å²) in [6.45, 7) is 1.81. The predicted molar refractivity (Wildman–Crippen MR) is 171 cm³/mol. The number of carbonyl (C=O) groups excluding carboxylic acids is 2. The lowest BCUT2D eigenvalue weighted by Gasteiger charge is -2.24. The van der Waals surface area contributed by atoms with Gasteiger partial charge in [-0.15, -0.1) is 10.2 Å². The third kappa shape index (κ3) is 7.31. The Bertz CT molecular complexity index is 1530. The van der Waals surface area contributed by atoms with Gasteiger partial charge in [-0.2, -0.15) is 0 Å². The first-order valence-corrected chi connectivity index (χ1v) is 16.5. The van der Waals surface area contributed by atoms with Crippen LogP contribution in [0.25, 0.3) is 0 Å². The fourth-order valence-corrected chi connectivity index (χ4v) is 6.57. The van der Waals surface area contributed by atoms with Crippen LogP contribution in [0.15, 0.2) is 73.1 Å². The summed E-state index contributed by atoms with van der Waals surface area (Å²) in [5.41, 5.74) is 2.69. The van der Waals surface area contributed by atoms with E-state index in [1.807, 2.05) is 60.7 Å². The van der Waals surface area contributed by atoms with Crippen LogP contribution in [0.2, 0.25) is 0 Å². The van der Waals surface area contributed by atoms with Gasteiger partial charge in [0.1, 0.15) is 35.7 Å². The van der Waals surface area contributed by atoms with Crippen molar-refractivity contribution in [3.63, 3.8) is 0 Å². The van der Waals surface area contributed by atoms with E-state index in [0.717, 1.165) is 49.7 Å². The molecule has 2 saturated heterocycles. The number of likely N-dealkylation sites (tertiary alicyclic amines) is 2. The molecule has 14 nitrogen and oxygen atoms in total. The van der Waals surface area contributed by atoms with Gasteiger partial charge >= 0.3 is 0 Å². The van der Waals surface area contributed by atoms with Gasteiger partial charge in [-0.3, -0.25) is 19.0 Å². The number of amides is 2. The van der Waals surface area contributed by atoms with Gasteiger partial charge in [-0.05, 0) is 24.0 Å². The quantitative estimate of drug-likeness (QED) is 0.137. The molecular weight excluding hydrogens is 616 g/mol. The third-order valence-electron chi connectivity index (χ3n) is 9.17. The highest BCUT2D eigenvalue weighted by molar-refractivity contribution is 5.85. The summed E-state index contributed by atoms with van der Waals surface area (Å²) >= 11 is 0. The Morgan fingerprint density at radius 3 is 1.31 bits per heavy atom. The van der Waals surface area contributed by atoms with Crippen LogP contribution < -0.4 is 0 Å².